The molecule has 0 aliphatic rings. The van der Waals surface area contributed by atoms with Gasteiger partial charge in [0.2, 0.25) is 0 Å². The van der Waals surface area contributed by atoms with E-state index in [0.717, 1.165) is 12.0 Å². The summed E-state index contributed by atoms with van der Waals surface area (Å²) >= 11 is 0. The van der Waals surface area contributed by atoms with Gasteiger partial charge in [0.1, 0.15) is 0 Å². The zero-order valence-electron chi connectivity index (χ0n) is 14.9. The first-order valence-electron chi connectivity index (χ1n) is 8.53. The number of aliphatic hydroxyl groups excluding tert-OH is 1. The Morgan fingerprint density at radius 3 is 2.67 bits per heavy atom. The van der Waals surface area contributed by atoms with Crippen molar-refractivity contribution in [3.63, 3.8) is 0 Å². The fraction of sp³-hybridized carbons (Fsp3) is 0.611. The predicted molar refractivity (Wildman–Crippen MR) is 95.1 cm³/mol. The Labute approximate surface area is 144 Å². The minimum atomic E-state index is -0.316. The van der Waals surface area contributed by atoms with Gasteiger partial charge >= 0.3 is 6.03 Å². The van der Waals surface area contributed by atoms with E-state index < -0.39 is 0 Å². The van der Waals surface area contributed by atoms with Crippen LogP contribution in [0, 0.1) is 5.92 Å². The van der Waals surface area contributed by atoms with Crippen LogP contribution in [-0.2, 0) is 16.1 Å². The van der Waals surface area contributed by atoms with Crippen molar-refractivity contribution < 1.29 is 19.4 Å². The number of aliphatic hydroxyl groups is 1. The number of rotatable bonds is 11. The van der Waals surface area contributed by atoms with Crippen LogP contribution < -0.4 is 10.6 Å². The van der Waals surface area contributed by atoms with Gasteiger partial charge in [-0.15, -0.1) is 0 Å². The molecule has 6 nitrogen and oxygen atoms in total. The normalized spacial score (nSPS) is 13.3. The summed E-state index contributed by atoms with van der Waals surface area (Å²) in [5, 5.41) is 15.0. The van der Waals surface area contributed by atoms with Gasteiger partial charge in [0.05, 0.1) is 32.5 Å². The van der Waals surface area contributed by atoms with Gasteiger partial charge in [-0.3, -0.25) is 0 Å². The van der Waals surface area contributed by atoms with Gasteiger partial charge in [0.15, 0.2) is 0 Å². The Hall–Kier alpha value is -1.63. The van der Waals surface area contributed by atoms with Gasteiger partial charge in [0, 0.05) is 12.3 Å². The zero-order chi connectivity index (χ0) is 17.8. The van der Waals surface area contributed by atoms with Crippen LogP contribution in [0.3, 0.4) is 0 Å². The molecule has 0 spiro atoms. The molecule has 3 N–H and O–H groups in total. The summed E-state index contributed by atoms with van der Waals surface area (Å²) in [4.78, 5) is 12.1. The first-order valence-corrected chi connectivity index (χ1v) is 8.53. The maximum atomic E-state index is 12.1. The van der Waals surface area contributed by atoms with E-state index in [2.05, 4.69) is 10.6 Å². The number of nitrogens with one attached hydrogen (secondary N) is 2. The van der Waals surface area contributed by atoms with Crippen LogP contribution in [0.2, 0.25) is 0 Å². The Morgan fingerprint density at radius 2 is 2.00 bits per heavy atom. The number of carbonyl (C=O) groups excluding carboxylic acids is 1. The highest BCUT2D eigenvalue weighted by atomic mass is 16.5. The van der Waals surface area contributed by atoms with Gasteiger partial charge in [-0.1, -0.05) is 32.4 Å². The molecule has 0 saturated carbocycles. The smallest absolute Gasteiger partial charge is 0.319 e. The number of carbonyl (C=O) groups is 1. The number of ether oxygens (including phenoxy) is 2. The highest BCUT2D eigenvalue weighted by molar-refractivity contribution is 5.89. The fourth-order valence-electron chi connectivity index (χ4n) is 2.18. The average Bonchev–Trinajstić information content (AvgIpc) is 2.59. The Balaban J connectivity index is 2.46. The largest absolute Gasteiger partial charge is 0.394 e. The van der Waals surface area contributed by atoms with Crippen LogP contribution in [0.5, 0.6) is 0 Å². The lowest BCUT2D eigenvalue weighted by atomic mass is 10.0. The second-order valence-corrected chi connectivity index (χ2v) is 5.72. The van der Waals surface area contributed by atoms with Crippen molar-refractivity contribution >= 4 is 11.7 Å². The molecule has 0 aliphatic heterocycles. The van der Waals surface area contributed by atoms with Crippen LogP contribution in [0.1, 0.15) is 32.8 Å². The summed E-state index contributed by atoms with van der Waals surface area (Å²) in [6, 6.07) is 6.94. The standard InChI is InChI=1S/C18H30N2O4/c1-4-14(3)17(12-21)20-18(22)19-16-8-6-7-15(11-16)13-24-10-9-23-5-2/h6-8,11,14,17,21H,4-5,9-10,12-13H2,1-3H3,(H2,19,20,22)/t14-,17+/m0/s1. The van der Waals surface area contributed by atoms with Crippen molar-refractivity contribution in [2.75, 3.05) is 31.7 Å². The summed E-state index contributed by atoms with van der Waals surface area (Å²) in [5.41, 5.74) is 1.67. The molecule has 0 aromatic heterocycles. The summed E-state index contributed by atoms with van der Waals surface area (Å²) in [6.07, 6.45) is 0.889. The highest BCUT2D eigenvalue weighted by Gasteiger charge is 2.17. The summed E-state index contributed by atoms with van der Waals surface area (Å²) in [6.45, 7) is 8.18. The quantitative estimate of drug-likeness (QED) is 0.542. The molecule has 0 saturated heterocycles. The topological polar surface area (TPSA) is 79.8 Å². The lowest BCUT2D eigenvalue weighted by molar-refractivity contribution is 0.0453. The minimum absolute atomic E-state index is 0.0733. The molecule has 1 aromatic rings. The maximum absolute atomic E-state index is 12.1. The molecule has 136 valence electrons. The molecule has 2 atom stereocenters. The lowest BCUT2D eigenvalue weighted by Crippen LogP contribution is -2.43. The Kier molecular flexibility index (Phi) is 10.1. The van der Waals surface area contributed by atoms with Crippen molar-refractivity contribution in [3.8, 4) is 0 Å². The van der Waals surface area contributed by atoms with Gasteiger partial charge in [-0.25, -0.2) is 4.79 Å². The van der Waals surface area contributed by atoms with Gasteiger partial charge < -0.3 is 25.2 Å². The average molecular weight is 338 g/mol. The first-order chi connectivity index (χ1) is 11.6. The number of hydrogen-bond donors (Lipinski definition) is 3. The molecule has 0 bridgehead atoms. The SMILES string of the molecule is CCOCCOCc1cccc(NC(=O)N[C@H](CO)[C@@H](C)CC)c1. The third-order valence-corrected chi connectivity index (χ3v) is 3.87. The van der Waals surface area contributed by atoms with E-state index in [1.807, 2.05) is 45.0 Å². The minimum Gasteiger partial charge on any atom is -0.394 e. The molecule has 1 aromatic carbocycles. The summed E-state index contributed by atoms with van der Waals surface area (Å²) in [5.74, 6) is 0.214. The highest BCUT2D eigenvalue weighted by Crippen LogP contribution is 2.12. The summed E-state index contributed by atoms with van der Waals surface area (Å²) in [7, 11) is 0. The van der Waals surface area contributed by atoms with Crippen molar-refractivity contribution in [2.45, 2.75) is 39.8 Å². The molecule has 1 rings (SSSR count). The number of benzene rings is 1. The Bertz CT molecular complexity index is 482. The first kappa shape index (κ1) is 20.4. The van der Waals surface area contributed by atoms with E-state index in [9.17, 15) is 9.90 Å². The number of anilines is 1. The van der Waals surface area contributed by atoms with E-state index in [1.165, 1.54) is 0 Å². The zero-order valence-corrected chi connectivity index (χ0v) is 14.9. The number of hydrogen-bond acceptors (Lipinski definition) is 4. The molecule has 0 fully saturated rings. The number of urea groups is 1. The van der Waals surface area contributed by atoms with Crippen molar-refractivity contribution in [1.29, 1.82) is 0 Å². The second kappa shape index (κ2) is 11.8. The molecular weight excluding hydrogens is 308 g/mol. The molecular formula is C18H30N2O4. The third-order valence-electron chi connectivity index (χ3n) is 3.87. The maximum Gasteiger partial charge on any atom is 0.319 e. The molecule has 24 heavy (non-hydrogen) atoms. The molecule has 0 radical (unpaired) electrons. The number of amides is 2. The van der Waals surface area contributed by atoms with E-state index in [0.29, 0.717) is 32.1 Å². The van der Waals surface area contributed by atoms with Gasteiger partial charge in [0.25, 0.3) is 0 Å². The van der Waals surface area contributed by atoms with Gasteiger partial charge in [-0.05, 0) is 30.5 Å². The summed E-state index contributed by atoms with van der Waals surface area (Å²) < 4.78 is 10.7. The third kappa shape index (κ3) is 7.77. The monoisotopic (exact) mass is 338 g/mol. The van der Waals surface area contributed by atoms with Crippen LogP contribution >= 0.6 is 0 Å². The molecule has 0 unspecified atom stereocenters. The van der Waals surface area contributed by atoms with E-state index in [1.54, 1.807) is 0 Å². The predicted octanol–water partition coefficient (Wildman–Crippen LogP) is 2.77. The molecule has 6 heteroatoms. The van der Waals surface area contributed by atoms with Crippen molar-refractivity contribution in [2.24, 2.45) is 5.92 Å². The van der Waals surface area contributed by atoms with Crippen LogP contribution in [-0.4, -0.2) is 43.6 Å². The molecule has 0 aliphatic carbocycles. The van der Waals surface area contributed by atoms with Crippen molar-refractivity contribution in [1.82, 2.24) is 5.32 Å². The second-order valence-electron chi connectivity index (χ2n) is 5.72. The van der Waals surface area contributed by atoms with Crippen molar-refractivity contribution in [3.05, 3.63) is 29.8 Å². The Morgan fingerprint density at radius 1 is 1.25 bits per heavy atom. The molecule has 0 heterocycles. The van der Waals surface area contributed by atoms with Crippen LogP contribution in [0.4, 0.5) is 10.5 Å². The van der Waals surface area contributed by atoms with Gasteiger partial charge in [-0.2, -0.15) is 0 Å². The van der Waals surface area contributed by atoms with E-state index in [-0.39, 0.29) is 24.6 Å². The van der Waals surface area contributed by atoms with E-state index >= 15 is 0 Å². The van der Waals surface area contributed by atoms with Crippen LogP contribution in [0.25, 0.3) is 0 Å². The lowest BCUT2D eigenvalue weighted by Gasteiger charge is -2.22. The fourth-order valence-corrected chi connectivity index (χ4v) is 2.18. The van der Waals surface area contributed by atoms with Crippen LogP contribution in [0.15, 0.2) is 24.3 Å². The molecule has 2 amide bonds. The van der Waals surface area contributed by atoms with E-state index in [4.69, 9.17) is 9.47 Å².